The van der Waals surface area contributed by atoms with Crippen molar-refractivity contribution in [3.05, 3.63) is 71.0 Å². The third-order valence-electron chi connectivity index (χ3n) is 3.84. The van der Waals surface area contributed by atoms with Crippen molar-refractivity contribution in [2.24, 2.45) is 0 Å². The average molecular weight is 355 g/mol. The summed E-state index contributed by atoms with van der Waals surface area (Å²) in [6.07, 6.45) is 3.48. The number of nitrogens with zero attached hydrogens (tertiary/aromatic N) is 3. The third kappa shape index (κ3) is 2.50. The predicted octanol–water partition coefficient (Wildman–Crippen LogP) is 4.95. The average Bonchev–Trinajstić information content (AvgIpc) is 3.00. The molecular formula is C18H12Cl2N4. The highest BCUT2D eigenvalue weighted by Crippen LogP contribution is 2.31. The Balaban J connectivity index is 1.90. The second-order valence-corrected chi connectivity index (χ2v) is 6.24. The third-order valence-corrected chi connectivity index (χ3v) is 4.31. The van der Waals surface area contributed by atoms with E-state index < -0.39 is 0 Å². The second kappa shape index (κ2) is 5.82. The molecule has 6 heteroatoms. The molecule has 4 nitrogen and oxygen atoms in total. The van der Waals surface area contributed by atoms with Crippen LogP contribution in [0, 0.1) is 0 Å². The van der Waals surface area contributed by atoms with Crippen LogP contribution in [-0.2, 0) is 0 Å². The van der Waals surface area contributed by atoms with Crippen LogP contribution in [0.5, 0.6) is 0 Å². The molecule has 0 atom stereocenters. The van der Waals surface area contributed by atoms with Gasteiger partial charge in [-0.15, -0.1) is 0 Å². The number of rotatable bonds is 2. The van der Waals surface area contributed by atoms with Crippen LogP contribution in [0.4, 0.5) is 5.82 Å². The van der Waals surface area contributed by atoms with Gasteiger partial charge in [0.1, 0.15) is 5.82 Å². The van der Waals surface area contributed by atoms with Crippen molar-refractivity contribution in [2.75, 3.05) is 5.73 Å². The van der Waals surface area contributed by atoms with Crippen molar-refractivity contribution < 1.29 is 0 Å². The van der Waals surface area contributed by atoms with Gasteiger partial charge in [0, 0.05) is 27.4 Å². The maximum Gasteiger partial charge on any atom is 0.165 e. The molecule has 2 aromatic carbocycles. The molecule has 0 bridgehead atoms. The van der Waals surface area contributed by atoms with E-state index in [9.17, 15) is 0 Å². The molecule has 0 aliphatic heterocycles. The Morgan fingerprint density at radius 1 is 0.833 bits per heavy atom. The highest BCUT2D eigenvalue weighted by Gasteiger charge is 2.14. The highest BCUT2D eigenvalue weighted by molar-refractivity contribution is 6.31. The molecule has 0 amide bonds. The Bertz CT molecular complexity index is 1060. The van der Waals surface area contributed by atoms with E-state index >= 15 is 0 Å². The number of hydrogen-bond acceptors (Lipinski definition) is 3. The fraction of sp³-hybridized carbons (Fsp3) is 0. The lowest BCUT2D eigenvalue weighted by Crippen LogP contribution is -2.02. The maximum atomic E-state index is 6.31. The zero-order valence-electron chi connectivity index (χ0n) is 12.4. The van der Waals surface area contributed by atoms with Crippen molar-refractivity contribution in [1.29, 1.82) is 0 Å². The first kappa shape index (κ1) is 15.0. The summed E-state index contributed by atoms with van der Waals surface area (Å²) in [5.74, 6) is 0.510. The molecule has 0 spiro atoms. The quantitative estimate of drug-likeness (QED) is 0.553. The van der Waals surface area contributed by atoms with E-state index in [0.29, 0.717) is 21.5 Å². The summed E-state index contributed by atoms with van der Waals surface area (Å²) < 4.78 is 1.63. The van der Waals surface area contributed by atoms with Gasteiger partial charge in [-0.1, -0.05) is 47.5 Å². The van der Waals surface area contributed by atoms with Crippen LogP contribution in [0.1, 0.15) is 0 Å². The molecule has 0 radical (unpaired) electrons. The second-order valence-electron chi connectivity index (χ2n) is 5.37. The molecule has 0 aliphatic rings. The van der Waals surface area contributed by atoms with Gasteiger partial charge >= 0.3 is 0 Å². The smallest absolute Gasteiger partial charge is 0.165 e. The van der Waals surface area contributed by atoms with Gasteiger partial charge in [0.25, 0.3) is 0 Å². The Labute approximate surface area is 148 Å². The lowest BCUT2D eigenvalue weighted by atomic mass is 10.1. The summed E-state index contributed by atoms with van der Waals surface area (Å²) in [5.41, 5.74) is 10.5. The summed E-state index contributed by atoms with van der Waals surface area (Å²) in [6, 6.07) is 15.0. The SMILES string of the molecule is Nc1c(-c2cccc(Cl)c2)cnc2c(-c3cccc(Cl)c3)cnn12. The number of hydrogen-bond donors (Lipinski definition) is 1. The molecule has 2 heterocycles. The molecule has 2 aromatic heterocycles. The van der Waals surface area contributed by atoms with Crippen LogP contribution in [0.2, 0.25) is 10.0 Å². The van der Waals surface area contributed by atoms with Crippen LogP contribution >= 0.6 is 23.2 Å². The van der Waals surface area contributed by atoms with Crippen molar-refractivity contribution in [3.63, 3.8) is 0 Å². The van der Waals surface area contributed by atoms with Gasteiger partial charge in [0.05, 0.1) is 6.20 Å². The Morgan fingerprint density at radius 2 is 1.46 bits per heavy atom. The predicted molar refractivity (Wildman–Crippen MR) is 98.3 cm³/mol. The number of halogens is 2. The summed E-state index contributed by atoms with van der Waals surface area (Å²) in [6.45, 7) is 0. The number of nitrogen functional groups attached to an aromatic ring is 1. The van der Waals surface area contributed by atoms with Gasteiger partial charge in [-0.25, -0.2) is 4.98 Å². The number of benzene rings is 2. The Kier molecular flexibility index (Phi) is 3.63. The molecule has 118 valence electrons. The van der Waals surface area contributed by atoms with Gasteiger partial charge in [-0.05, 0) is 35.4 Å². The van der Waals surface area contributed by atoms with Gasteiger partial charge in [-0.2, -0.15) is 9.61 Å². The minimum Gasteiger partial charge on any atom is -0.383 e. The molecule has 0 saturated carbocycles. The van der Waals surface area contributed by atoms with Crippen LogP contribution in [0.25, 0.3) is 27.9 Å². The molecular weight excluding hydrogens is 343 g/mol. The molecule has 0 aliphatic carbocycles. The minimum absolute atomic E-state index is 0.510. The largest absolute Gasteiger partial charge is 0.383 e. The summed E-state index contributed by atoms with van der Waals surface area (Å²) >= 11 is 12.1. The summed E-state index contributed by atoms with van der Waals surface area (Å²) in [5, 5.41) is 5.69. The van der Waals surface area contributed by atoms with E-state index in [2.05, 4.69) is 10.1 Å². The van der Waals surface area contributed by atoms with Crippen LogP contribution < -0.4 is 5.73 Å². The van der Waals surface area contributed by atoms with Crippen LogP contribution in [-0.4, -0.2) is 14.6 Å². The summed E-state index contributed by atoms with van der Waals surface area (Å²) in [7, 11) is 0. The number of nitrogens with two attached hydrogens (primary N) is 1. The zero-order valence-corrected chi connectivity index (χ0v) is 14.0. The minimum atomic E-state index is 0.510. The Hall–Kier alpha value is -2.56. The molecule has 0 saturated heterocycles. The molecule has 0 fully saturated rings. The van der Waals surface area contributed by atoms with Crippen molar-refractivity contribution >= 4 is 34.7 Å². The molecule has 2 N–H and O–H groups in total. The topological polar surface area (TPSA) is 56.2 Å². The molecule has 4 rings (SSSR count). The van der Waals surface area contributed by atoms with Gasteiger partial charge in [0.15, 0.2) is 5.65 Å². The van der Waals surface area contributed by atoms with Gasteiger partial charge in [0.2, 0.25) is 0 Å². The van der Waals surface area contributed by atoms with Crippen molar-refractivity contribution in [1.82, 2.24) is 14.6 Å². The lowest BCUT2D eigenvalue weighted by molar-refractivity contribution is 0.954. The standard InChI is InChI=1S/C18H12Cl2N4/c19-13-5-1-3-11(7-13)15-9-22-18-16(10-23-24(18)17(15)21)12-4-2-6-14(20)8-12/h1-10H,21H2. The fourth-order valence-electron chi connectivity index (χ4n) is 2.69. The first-order valence-corrected chi connectivity index (χ1v) is 8.03. The fourth-order valence-corrected chi connectivity index (χ4v) is 3.07. The molecule has 24 heavy (non-hydrogen) atoms. The first-order valence-electron chi connectivity index (χ1n) is 7.27. The zero-order chi connectivity index (χ0) is 16.7. The van der Waals surface area contributed by atoms with E-state index in [4.69, 9.17) is 28.9 Å². The first-order chi connectivity index (χ1) is 11.6. The van der Waals surface area contributed by atoms with Crippen molar-refractivity contribution in [3.8, 4) is 22.3 Å². The summed E-state index contributed by atoms with van der Waals surface area (Å²) in [4.78, 5) is 4.55. The van der Waals surface area contributed by atoms with Crippen molar-refractivity contribution in [2.45, 2.75) is 0 Å². The number of aromatic nitrogens is 3. The lowest BCUT2D eigenvalue weighted by Gasteiger charge is -2.08. The number of fused-ring (bicyclic) bond motifs is 1. The van der Waals surface area contributed by atoms with Crippen LogP contribution in [0.15, 0.2) is 60.9 Å². The van der Waals surface area contributed by atoms with E-state index in [0.717, 1.165) is 22.3 Å². The van der Waals surface area contributed by atoms with Crippen LogP contribution in [0.3, 0.4) is 0 Å². The molecule has 4 aromatic rings. The van der Waals surface area contributed by atoms with Gasteiger partial charge in [-0.3, -0.25) is 0 Å². The normalized spacial score (nSPS) is 11.1. The van der Waals surface area contributed by atoms with E-state index in [1.165, 1.54) is 0 Å². The monoisotopic (exact) mass is 354 g/mol. The maximum absolute atomic E-state index is 6.31. The number of anilines is 1. The Morgan fingerprint density at radius 3 is 2.08 bits per heavy atom. The highest BCUT2D eigenvalue weighted by atomic mass is 35.5. The van der Waals surface area contributed by atoms with E-state index in [1.54, 1.807) is 16.9 Å². The van der Waals surface area contributed by atoms with E-state index in [-0.39, 0.29) is 0 Å². The van der Waals surface area contributed by atoms with E-state index in [1.807, 2.05) is 48.5 Å². The molecule has 0 unspecified atom stereocenters. The van der Waals surface area contributed by atoms with Gasteiger partial charge < -0.3 is 5.73 Å².